The van der Waals surface area contributed by atoms with Gasteiger partial charge in [-0.05, 0) is 6.42 Å². The second-order valence-electron chi connectivity index (χ2n) is 2.46. The van der Waals surface area contributed by atoms with Crippen LogP contribution in [0.4, 0.5) is 0 Å². The van der Waals surface area contributed by atoms with Crippen LogP contribution in [0.3, 0.4) is 0 Å². The maximum Gasteiger partial charge on any atom is 0.0980 e. The number of nitrogens with one attached hydrogen (secondary N) is 1. The number of nitrogens with zero attached hydrogens (tertiary/aromatic N) is 1. The van der Waals surface area contributed by atoms with Crippen LogP contribution in [0.5, 0.6) is 0 Å². The molecule has 1 aromatic heterocycles. The highest BCUT2D eigenvalue weighted by Gasteiger charge is 1.99. The minimum Gasteiger partial charge on any atom is -0.309 e. The van der Waals surface area contributed by atoms with E-state index in [1.54, 1.807) is 17.5 Å². The van der Waals surface area contributed by atoms with Gasteiger partial charge < -0.3 is 5.41 Å². The van der Waals surface area contributed by atoms with Gasteiger partial charge in [0.2, 0.25) is 0 Å². The molecule has 3 heteroatoms. The van der Waals surface area contributed by atoms with Crippen LogP contribution in [0.15, 0.2) is 11.6 Å². The molecular formula is C8H12N2S. The average Bonchev–Trinajstić information content (AvgIpc) is 2.40. The lowest BCUT2D eigenvalue weighted by Crippen LogP contribution is -1.99. The molecule has 1 heterocycles. The van der Waals surface area contributed by atoms with Crippen molar-refractivity contribution in [1.82, 2.24) is 4.98 Å². The first kappa shape index (κ1) is 8.40. The van der Waals surface area contributed by atoms with Crippen molar-refractivity contribution in [3.05, 3.63) is 16.6 Å². The molecule has 1 aromatic rings. The van der Waals surface area contributed by atoms with Crippen LogP contribution < -0.4 is 0 Å². The Labute approximate surface area is 70.8 Å². The maximum absolute atomic E-state index is 7.53. The molecule has 0 spiro atoms. The first-order chi connectivity index (χ1) is 5.33. The molecule has 11 heavy (non-hydrogen) atoms. The second kappa shape index (κ2) is 4.23. The van der Waals surface area contributed by atoms with Gasteiger partial charge in [-0.1, -0.05) is 13.3 Å². The molecule has 0 fully saturated rings. The first-order valence-corrected chi connectivity index (χ1v) is 4.65. The fourth-order valence-electron chi connectivity index (χ4n) is 0.913. The summed E-state index contributed by atoms with van der Waals surface area (Å²) in [6.07, 6.45) is 4.49. The predicted octanol–water partition coefficient (Wildman–Crippen LogP) is 2.51. The molecule has 1 rings (SSSR count). The van der Waals surface area contributed by atoms with Crippen molar-refractivity contribution in [3.63, 3.8) is 0 Å². The first-order valence-electron chi connectivity index (χ1n) is 3.77. The lowest BCUT2D eigenvalue weighted by Gasteiger charge is -1.96. The minimum atomic E-state index is 0.742. The topological polar surface area (TPSA) is 36.7 Å². The van der Waals surface area contributed by atoms with Gasteiger partial charge in [0.25, 0.3) is 0 Å². The van der Waals surface area contributed by atoms with Gasteiger partial charge in [-0.3, -0.25) is 0 Å². The summed E-state index contributed by atoms with van der Waals surface area (Å²) in [5.41, 5.74) is 0.794. The summed E-state index contributed by atoms with van der Waals surface area (Å²) < 4.78 is 0. The van der Waals surface area contributed by atoms with Crippen LogP contribution in [0, 0.1) is 5.41 Å². The average molecular weight is 168 g/mol. The smallest absolute Gasteiger partial charge is 0.0980 e. The number of aromatic nitrogens is 1. The lowest BCUT2D eigenvalue weighted by molar-refractivity contribution is 0.962. The van der Waals surface area contributed by atoms with Crippen molar-refractivity contribution in [3.8, 4) is 0 Å². The van der Waals surface area contributed by atoms with Crippen molar-refractivity contribution in [2.45, 2.75) is 26.2 Å². The summed E-state index contributed by atoms with van der Waals surface area (Å²) in [4.78, 5) is 4.12. The molecule has 0 saturated carbocycles. The fourth-order valence-corrected chi connectivity index (χ4v) is 1.57. The number of hydrogen-bond acceptors (Lipinski definition) is 3. The Balaban J connectivity index is 2.37. The molecule has 1 N–H and O–H groups in total. The summed E-state index contributed by atoms with van der Waals surface area (Å²) in [6, 6.07) is 0. The Kier molecular flexibility index (Phi) is 3.23. The van der Waals surface area contributed by atoms with Crippen molar-refractivity contribution in [1.29, 1.82) is 5.41 Å². The molecular weight excluding hydrogens is 156 g/mol. The minimum absolute atomic E-state index is 0.742. The van der Waals surface area contributed by atoms with E-state index in [4.69, 9.17) is 5.41 Å². The highest BCUT2D eigenvalue weighted by molar-refractivity contribution is 7.09. The zero-order chi connectivity index (χ0) is 8.10. The van der Waals surface area contributed by atoms with Gasteiger partial charge >= 0.3 is 0 Å². The molecule has 60 valence electrons. The van der Waals surface area contributed by atoms with E-state index in [0.29, 0.717) is 0 Å². The Hall–Kier alpha value is -0.700. The molecule has 0 aliphatic carbocycles. The van der Waals surface area contributed by atoms with Crippen molar-refractivity contribution in [2.24, 2.45) is 0 Å². The van der Waals surface area contributed by atoms with Gasteiger partial charge in [0.15, 0.2) is 0 Å². The molecule has 0 atom stereocenters. The fraction of sp³-hybridized carbons (Fsp3) is 0.500. The van der Waals surface area contributed by atoms with E-state index in [1.165, 1.54) is 0 Å². The van der Waals surface area contributed by atoms with Gasteiger partial charge in [-0.2, -0.15) is 0 Å². The zero-order valence-corrected chi connectivity index (χ0v) is 7.45. The zero-order valence-electron chi connectivity index (χ0n) is 6.63. The Morgan fingerprint density at radius 3 is 3.09 bits per heavy atom. The van der Waals surface area contributed by atoms with Crippen molar-refractivity contribution in [2.75, 3.05) is 0 Å². The van der Waals surface area contributed by atoms with Gasteiger partial charge in [-0.15, -0.1) is 11.3 Å². The van der Waals surface area contributed by atoms with Crippen LogP contribution in [0.2, 0.25) is 0 Å². The Morgan fingerprint density at radius 1 is 1.73 bits per heavy atom. The Bertz CT molecular complexity index is 216. The van der Waals surface area contributed by atoms with Crippen LogP contribution in [0.25, 0.3) is 0 Å². The molecule has 0 unspecified atom stereocenters. The van der Waals surface area contributed by atoms with E-state index in [9.17, 15) is 0 Å². The molecule has 2 nitrogen and oxygen atoms in total. The standard InChI is InChI=1S/C8H12N2S/c1-2-3-7(9)6-8-10-4-5-11-8/h4-5,9H,2-3,6H2,1H3. The molecule has 0 saturated heterocycles. The van der Waals surface area contributed by atoms with Gasteiger partial charge in [0, 0.05) is 23.7 Å². The SMILES string of the molecule is CCCC(=N)Cc1nccs1. The molecule has 0 radical (unpaired) electrons. The third kappa shape index (κ3) is 2.80. The lowest BCUT2D eigenvalue weighted by atomic mass is 10.2. The van der Waals surface area contributed by atoms with Crippen LogP contribution in [0.1, 0.15) is 24.8 Å². The highest BCUT2D eigenvalue weighted by atomic mass is 32.1. The molecule has 0 aliphatic heterocycles. The van der Waals surface area contributed by atoms with Gasteiger partial charge in [0.05, 0.1) is 5.01 Å². The number of thiazole rings is 1. The van der Waals surface area contributed by atoms with E-state index in [0.717, 1.165) is 30.0 Å². The quantitative estimate of drug-likeness (QED) is 0.689. The normalized spacial score (nSPS) is 9.91. The molecule has 0 amide bonds. The van der Waals surface area contributed by atoms with E-state index < -0.39 is 0 Å². The summed E-state index contributed by atoms with van der Waals surface area (Å²) >= 11 is 1.63. The summed E-state index contributed by atoms with van der Waals surface area (Å²) in [7, 11) is 0. The summed E-state index contributed by atoms with van der Waals surface area (Å²) in [6.45, 7) is 2.09. The van der Waals surface area contributed by atoms with Gasteiger partial charge in [0.1, 0.15) is 0 Å². The predicted molar refractivity (Wildman–Crippen MR) is 48.5 cm³/mol. The van der Waals surface area contributed by atoms with E-state index in [2.05, 4.69) is 11.9 Å². The molecule has 0 aliphatic rings. The van der Waals surface area contributed by atoms with Crippen LogP contribution in [-0.2, 0) is 6.42 Å². The van der Waals surface area contributed by atoms with Crippen molar-refractivity contribution < 1.29 is 0 Å². The highest BCUT2D eigenvalue weighted by Crippen LogP contribution is 2.06. The van der Waals surface area contributed by atoms with Gasteiger partial charge in [-0.25, -0.2) is 4.98 Å². The second-order valence-corrected chi connectivity index (χ2v) is 3.44. The van der Waals surface area contributed by atoms with Crippen molar-refractivity contribution >= 4 is 17.0 Å². The van der Waals surface area contributed by atoms with E-state index in [1.807, 2.05) is 5.38 Å². The van der Waals surface area contributed by atoms with Crippen LogP contribution in [-0.4, -0.2) is 10.7 Å². The van der Waals surface area contributed by atoms with E-state index >= 15 is 0 Å². The Morgan fingerprint density at radius 2 is 2.55 bits per heavy atom. The van der Waals surface area contributed by atoms with E-state index in [-0.39, 0.29) is 0 Å². The third-order valence-electron chi connectivity index (χ3n) is 1.40. The number of rotatable bonds is 4. The van der Waals surface area contributed by atoms with Crippen LogP contribution >= 0.6 is 11.3 Å². The largest absolute Gasteiger partial charge is 0.309 e. The molecule has 0 aromatic carbocycles. The monoisotopic (exact) mass is 168 g/mol. The summed E-state index contributed by atoms with van der Waals surface area (Å²) in [5, 5.41) is 10.5. The summed E-state index contributed by atoms with van der Waals surface area (Å²) in [5.74, 6) is 0. The maximum atomic E-state index is 7.53. The number of hydrogen-bond donors (Lipinski definition) is 1. The molecule has 0 bridgehead atoms. The third-order valence-corrected chi connectivity index (χ3v) is 2.18.